The summed E-state index contributed by atoms with van der Waals surface area (Å²) >= 11 is 0. The van der Waals surface area contributed by atoms with E-state index in [2.05, 4.69) is 10.6 Å². The number of para-hydroxylation sites is 2. The van der Waals surface area contributed by atoms with Crippen molar-refractivity contribution in [3.8, 4) is 0 Å². The number of methoxy groups -OCH3 is 1. The number of nitro groups is 1. The minimum atomic E-state index is -0.967. The average Bonchev–Trinajstić information content (AvgIpc) is 2.39. The first-order valence-electron chi connectivity index (χ1n) is 5.37. The number of nitrogens with one attached hydrogen (secondary N) is 2. The number of carbonyl (C=O) groups excluding carboxylic acids is 2. The normalized spacial score (nSPS) is 9.74. The van der Waals surface area contributed by atoms with Gasteiger partial charge in [0.25, 0.3) is 5.69 Å². The third-order valence-electron chi connectivity index (χ3n) is 2.15. The maximum absolute atomic E-state index is 11.5. The van der Waals surface area contributed by atoms with Crippen LogP contribution in [0.25, 0.3) is 0 Å². The van der Waals surface area contributed by atoms with Gasteiger partial charge in [0.15, 0.2) is 0 Å². The summed E-state index contributed by atoms with van der Waals surface area (Å²) < 4.78 is 4.71. The van der Waals surface area contributed by atoms with Gasteiger partial charge in [-0.3, -0.25) is 19.7 Å². The van der Waals surface area contributed by atoms with Gasteiger partial charge in [-0.15, -0.1) is 0 Å². The molecule has 0 aromatic heterocycles. The van der Waals surface area contributed by atoms with Crippen LogP contribution in [-0.2, 0) is 14.3 Å². The summed E-state index contributed by atoms with van der Waals surface area (Å²) in [6.45, 7) is 0.449. The average molecular weight is 267 g/mol. The zero-order chi connectivity index (χ0) is 14.3. The lowest BCUT2D eigenvalue weighted by atomic mass is 10.2. The first-order chi connectivity index (χ1) is 9.06. The quantitative estimate of drug-likeness (QED) is 0.345. The Morgan fingerprint density at radius 2 is 2.00 bits per heavy atom. The number of nitrogens with zero attached hydrogens (tertiary/aromatic N) is 1. The van der Waals surface area contributed by atoms with E-state index in [1.54, 1.807) is 0 Å². The Morgan fingerprint density at radius 1 is 1.32 bits per heavy atom. The first-order valence-corrected chi connectivity index (χ1v) is 5.37. The van der Waals surface area contributed by atoms with Crippen LogP contribution in [0.15, 0.2) is 24.3 Å². The Hall–Kier alpha value is -2.48. The van der Waals surface area contributed by atoms with E-state index in [-0.39, 0.29) is 24.5 Å². The summed E-state index contributed by atoms with van der Waals surface area (Å²) in [7, 11) is 1.46. The van der Waals surface area contributed by atoms with Crippen LogP contribution in [0.4, 0.5) is 11.4 Å². The number of carbonyl (C=O) groups is 2. The number of benzene rings is 1. The summed E-state index contributed by atoms with van der Waals surface area (Å²) in [6, 6.07) is 5.56. The van der Waals surface area contributed by atoms with Crippen LogP contribution in [0.1, 0.15) is 0 Å². The van der Waals surface area contributed by atoms with Crippen LogP contribution in [0.5, 0.6) is 0 Å². The fourth-order valence-corrected chi connectivity index (χ4v) is 1.26. The van der Waals surface area contributed by atoms with E-state index >= 15 is 0 Å². The number of rotatable bonds is 5. The summed E-state index contributed by atoms with van der Waals surface area (Å²) in [5.74, 6) is -1.85. The molecule has 1 rings (SSSR count). The second-order valence-corrected chi connectivity index (χ2v) is 3.48. The highest BCUT2D eigenvalue weighted by Crippen LogP contribution is 2.22. The van der Waals surface area contributed by atoms with Crippen LogP contribution < -0.4 is 10.6 Å². The number of anilines is 1. The minimum Gasteiger partial charge on any atom is -0.383 e. The maximum Gasteiger partial charge on any atom is 0.313 e. The van der Waals surface area contributed by atoms with Crippen LogP contribution in [0.3, 0.4) is 0 Å². The van der Waals surface area contributed by atoms with Gasteiger partial charge in [0.2, 0.25) is 0 Å². The fraction of sp³-hybridized carbons (Fsp3) is 0.273. The third kappa shape index (κ3) is 4.36. The third-order valence-corrected chi connectivity index (χ3v) is 2.15. The molecule has 0 spiro atoms. The molecule has 0 radical (unpaired) electrons. The Labute approximate surface area is 108 Å². The number of hydrogen-bond acceptors (Lipinski definition) is 5. The van der Waals surface area contributed by atoms with Crippen molar-refractivity contribution in [2.75, 3.05) is 25.6 Å². The van der Waals surface area contributed by atoms with Gasteiger partial charge in [-0.1, -0.05) is 12.1 Å². The number of nitro benzene ring substituents is 1. The molecule has 1 aromatic rings. The van der Waals surface area contributed by atoms with E-state index in [0.717, 1.165) is 0 Å². The summed E-state index contributed by atoms with van der Waals surface area (Å²) in [5.41, 5.74) is -0.306. The highest BCUT2D eigenvalue weighted by molar-refractivity contribution is 6.39. The van der Waals surface area contributed by atoms with E-state index in [9.17, 15) is 19.7 Å². The molecule has 0 bridgehead atoms. The second kappa shape index (κ2) is 7.07. The van der Waals surface area contributed by atoms with Gasteiger partial charge in [0.1, 0.15) is 5.69 Å². The predicted octanol–water partition coefficient (Wildman–Crippen LogP) is 0.296. The van der Waals surface area contributed by atoms with Crippen molar-refractivity contribution in [1.82, 2.24) is 5.32 Å². The van der Waals surface area contributed by atoms with Crippen molar-refractivity contribution in [1.29, 1.82) is 0 Å². The van der Waals surface area contributed by atoms with Gasteiger partial charge < -0.3 is 15.4 Å². The Balaban J connectivity index is 2.66. The molecular formula is C11H13N3O5. The van der Waals surface area contributed by atoms with E-state index < -0.39 is 16.7 Å². The summed E-state index contributed by atoms with van der Waals surface area (Å²) in [5, 5.41) is 15.2. The highest BCUT2D eigenvalue weighted by atomic mass is 16.6. The van der Waals surface area contributed by atoms with Crippen molar-refractivity contribution >= 4 is 23.2 Å². The molecule has 0 saturated carbocycles. The molecule has 0 heterocycles. The Morgan fingerprint density at radius 3 is 2.63 bits per heavy atom. The van der Waals surface area contributed by atoms with Gasteiger partial charge in [0, 0.05) is 19.7 Å². The molecule has 0 aliphatic carbocycles. The summed E-state index contributed by atoms with van der Waals surface area (Å²) in [6.07, 6.45) is 0. The first kappa shape index (κ1) is 14.6. The molecule has 19 heavy (non-hydrogen) atoms. The van der Waals surface area contributed by atoms with Crippen LogP contribution >= 0.6 is 0 Å². The van der Waals surface area contributed by atoms with Gasteiger partial charge in [-0.05, 0) is 6.07 Å². The van der Waals surface area contributed by atoms with Gasteiger partial charge in [-0.25, -0.2) is 0 Å². The van der Waals surface area contributed by atoms with E-state index in [1.807, 2.05) is 0 Å². The zero-order valence-corrected chi connectivity index (χ0v) is 10.2. The minimum absolute atomic E-state index is 0.0283. The van der Waals surface area contributed by atoms with Gasteiger partial charge in [-0.2, -0.15) is 0 Å². The van der Waals surface area contributed by atoms with Crippen molar-refractivity contribution in [3.05, 3.63) is 34.4 Å². The molecule has 0 unspecified atom stereocenters. The largest absolute Gasteiger partial charge is 0.383 e. The van der Waals surface area contributed by atoms with Crippen molar-refractivity contribution in [2.24, 2.45) is 0 Å². The van der Waals surface area contributed by atoms with Crippen molar-refractivity contribution in [3.63, 3.8) is 0 Å². The van der Waals surface area contributed by atoms with E-state index in [4.69, 9.17) is 4.74 Å². The van der Waals surface area contributed by atoms with Crippen LogP contribution in [0.2, 0.25) is 0 Å². The Kier molecular flexibility index (Phi) is 5.42. The standard InChI is InChI=1S/C11H13N3O5/c1-19-7-6-12-10(15)11(16)13-8-4-2-3-5-9(8)14(17)18/h2-5H,6-7H2,1H3,(H,12,15)(H,13,16). The lowest BCUT2D eigenvalue weighted by Crippen LogP contribution is -2.37. The van der Waals surface area contributed by atoms with Crippen LogP contribution in [0, 0.1) is 10.1 Å². The molecule has 8 heteroatoms. The zero-order valence-electron chi connectivity index (χ0n) is 10.2. The number of ether oxygens (including phenoxy) is 1. The molecule has 0 fully saturated rings. The second-order valence-electron chi connectivity index (χ2n) is 3.48. The molecule has 2 amide bonds. The lowest BCUT2D eigenvalue weighted by molar-refractivity contribution is -0.383. The molecule has 1 aromatic carbocycles. The number of hydrogen-bond donors (Lipinski definition) is 2. The maximum atomic E-state index is 11.5. The van der Waals surface area contributed by atoms with Gasteiger partial charge >= 0.3 is 11.8 Å². The van der Waals surface area contributed by atoms with Gasteiger partial charge in [0.05, 0.1) is 11.5 Å². The molecule has 8 nitrogen and oxygen atoms in total. The number of amides is 2. The topological polar surface area (TPSA) is 111 Å². The monoisotopic (exact) mass is 267 g/mol. The molecule has 102 valence electrons. The molecule has 0 saturated heterocycles. The SMILES string of the molecule is COCCNC(=O)C(=O)Nc1ccccc1[N+](=O)[O-]. The van der Waals surface area contributed by atoms with Crippen molar-refractivity contribution < 1.29 is 19.2 Å². The van der Waals surface area contributed by atoms with Crippen molar-refractivity contribution in [2.45, 2.75) is 0 Å². The predicted molar refractivity (Wildman–Crippen MR) is 66.6 cm³/mol. The molecule has 2 N–H and O–H groups in total. The smallest absolute Gasteiger partial charge is 0.313 e. The molecular weight excluding hydrogens is 254 g/mol. The summed E-state index contributed by atoms with van der Waals surface area (Å²) in [4.78, 5) is 32.9. The Bertz CT molecular complexity index is 489. The molecule has 0 aliphatic heterocycles. The highest BCUT2D eigenvalue weighted by Gasteiger charge is 2.18. The molecule has 0 aliphatic rings. The lowest BCUT2D eigenvalue weighted by Gasteiger charge is -2.06. The van der Waals surface area contributed by atoms with Crippen LogP contribution in [-0.4, -0.2) is 37.0 Å². The molecule has 0 atom stereocenters. The van der Waals surface area contributed by atoms with E-state index in [1.165, 1.54) is 31.4 Å². The van der Waals surface area contributed by atoms with E-state index in [0.29, 0.717) is 0 Å². The fourth-order valence-electron chi connectivity index (χ4n) is 1.26.